The summed E-state index contributed by atoms with van der Waals surface area (Å²) in [5.41, 5.74) is 3.25. The number of aliphatic hydroxyl groups excluding tert-OH is 1. The monoisotopic (exact) mass is 252 g/mol. The highest BCUT2D eigenvalue weighted by Crippen LogP contribution is 2.20. The van der Waals surface area contributed by atoms with Crippen molar-refractivity contribution in [3.8, 4) is 0 Å². The van der Waals surface area contributed by atoms with Gasteiger partial charge < -0.3 is 9.67 Å². The molecule has 3 rings (SSSR count). The van der Waals surface area contributed by atoms with Crippen LogP contribution in [0.5, 0.6) is 0 Å². The van der Waals surface area contributed by atoms with Crippen molar-refractivity contribution in [2.24, 2.45) is 0 Å². The van der Waals surface area contributed by atoms with Crippen LogP contribution in [0.25, 0.3) is 10.9 Å². The lowest BCUT2D eigenvalue weighted by atomic mass is 10.1. The molecule has 0 saturated carbocycles. The molecule has 2 heterocycles. The zero-order valence-electron chi connectivity index (χ0n) is 10.7. The van der Waals surface area contributed by atoms with Crippen molar-refractivity contribution in [3.63, 3.8) is 0 Å². The largest absolute Gasteiger partial charge is 0.392 e. The molecule has 0 amide bonds. The molecule has 3 nitrogen and oxygen atoms in total. The minimum absolute atomic E-state index is 0.0849. The van der Waals surface area contributed by atoms with Crippen molar-refractivity contribution in [1.82, 2.24) is 9.55 Å². The molecule has 0 bridgehead atoms. The van der Waals surface area contributed by atoms with Gasteiger partial charge in [-0.25, -0.2) is 0 Å². The van der Waals surface area contributed by atoms with E-state index in [0.717, 1.165) is 29.6 Å². The van der Waals surface area contributed by atoms with Crippen molar-refractivity contribution >= 4 is 10.9 Å². The molecule has 3 aromatic rings. The first kappa shape index (κ1) is 11.9. The van der Waals surface area contributed by atoms with Crippen LogP contribution in [0.1, 0.15) is 11.3 Å². The van der Waals surface area contributed by atoms with E-state index in [-0.39, 0.29) is 6.61 Å². The summed E-state index contributed by atoms with van der Waals surface area (Å²) < 4.78 is 2.21. The third-order valence-corrected chi connectivity index (χ3v) is 3.41. The van der Waals surface area contributed by atoms with Gasteiger partial charge in [-0.15, -0.1) is 0 Å². The number of rotatable bonds is 4. The molecular weight excluding hydrogens is 236 g/mol. The highest BCUT2D eigenvalue weighted by Gasteiger charge is 2.05. The van der Waals surface area contributed by atoms with E-state index in [9.17, 15) is 5.11 Å². The second-order valence-corrected chi connectivity index (χ2v) is 4.59. The summed E-state index contributed by atoms with van der Waals surface area (Å²) in [6.45, 7) is 0.983. The molecule has 0 fully saturated rings. The van der Waals surface area contributed by atoms with Crippen LogP contribution in [0.4, 0.5) is 0 Å². The van der Waals surface area contributed by atoms with Gasteiger partial charge in [0.1, 0.15) is 0 Å². The Kier molecular flexibility index (Phi) is 3.29. The fraction of sp³-hybridized carbons (Fsp3) is 0.188. The summed E-state index contributed by atoms with van der Waals surface area (Å²) in [5.74, 6) is 0. The van der Waals surface area contributed by atoms with E-state index in [1.54, 1.807) is 0 Å². The van der Waals surface area contributed by atoms with E-state index in [0.29, 0.717) is 0 Å². The molecule has 0 atom stereocenters. The number of aryl methyl sites for hydroxylation is 2. The van der Waals surface area contributed by atoms with Crippen molar-refractivity contribution in [2.45, 2.75) is 19.6 Å². The Hall–Kier alpha value is -2.13. The van der Waals surface area contributed by atoms with Crippen molar-refractivity contribution in [1.29, 1.82) is 0 Å². The number of fused-ring (bicyclic) bond motifs is 1. The molecule has 0 spiro atoms. The first-order valence-electron chi connectivity index (χ1n) is 6.46. The molecule has 1 aromatic carbocycles. The number of hydrogen-bond acceptors (Lipinski definition) is 2. The molecule has 96 valence electrons. The quantitative estimate of drug-likeness (QED) is 0.775. The maximum atomic E-state index is 9.33. The fourth-order valence-electron chi connectivity index (χ4n) is 2.40. The van der Waals surface area contributed by atoms with Gasteiger partial charge in [0.15, 0.2) is 0 Å². The zero-order chi connectivity index (χ0) is 13.1. The van der Waals surface area contributed by atoms with Gasteiger partial charge in [0.2, 0.25) is 0 Å². The summed E-state index contributed by atoms with van der Waals surface area (Å²) >= 11 is 0. The van der Waals surface area contributed by atoms with Gasteiger partial charge in [-0.3, -0.25) is 4.98 Å². The Labute approximate surface area is 112 Å². The Balaban J connectivity index is 1.86. The molecule has 0 saturated heterocycles. The van der Waals surface area contributed by atoms with Gasteiger partial charge in [-0.2, -0.15) is 0 Å². The highest BCUT2D eigenvalue weighted by atomic mass is 16.3. The molecule has 0 radical (unpaired) electrons. The van der Waals surface area contributed by atoms with Crippen LogP contribution in [0.2, 0.25) is 0 Å². The van der Waals surface area contributed by atoms with Gasteiger partial charge in [0.05, 0.1) is 6.61 Å². The van der Waals surface area contributed by atoms with Crippen molar-refractivity contribution in [2.75, 3.05) is 0 Å². The molecule has 2 aromatic heterocycles. The van der Waals surface area contributed by atoms with Gasteiger partial charge in [0.25, 0.3) is 0 Å². The number of aromatic nitrogens is 2. The predicted octanol–water partition coefficient (Wildman–Crippen LogP) is 2.77. The molecule has 0 aliphatic heterocycles. The van der Waals surface area contributed by atoms with Crippen LogP contribution in [0.3, 0.4) is 0 Å². The maximum absolute atomic E-state index is 9.33. The van der Waals surface area contributed by atoms with Crippen LogP contribution in [0.15, 0.2) is 54.9 Å². The van der Waals surface area contributed by atoms with E-state index in [1.807, 2.05) is 36.5 Å². The number of hydrogen-bond donors (Lipinski definition) is 1. The molecule has 0 unspecified atom stereocenters. The third kappa shape index (κ3) is 2.37. The molecule has 1 N–H and O–H groups in total. The summed E-state index contributed by atoms with van der Waals surface area (Å²) in [7, 11) is 0. The van der Waals surface area contributed by atoms with Gasteiger partial charge in [-0.05, 0) is 29.8 Å². The third-order valence-electron chi connectivity index (χ3n) is 3.41. The lowest BCUT2D eigenvalue weighted by Crippen LogP contribution is -2.01. The fourth-order valence-corrected chi connectivity index (χ4v) is 2.40. The van der Waals surface area contributed by atoms with Crippen LogP contribution < -0.4 is 0 Å². The first-order chi connectivity index (χ1) is 9.38. The Morgan fingerprint density at radius 1 is 1.05 bits per heavy atom. The minimum Gasteiger partial charge on any atom is -0.392 e. The lowest BCUT2D eigenvalue weighted by molar-refractivity contribution is 0.283. The maximum Gasteiger partial charge on any atom is 0.0688 e. The smallest absolute Gasteiger partial charge is 0.0688 e. The predicted molar refractivity (Wildman–Crippen MR) is 75.8 cm³/mol. The van der Waals surface area contributed by atoms with E-state index in [1.165, 1.54) is 5.52 Å². The van der Waals surface area contributed by atoms with E-state index >= 15 is 0 Å². The minimum atomic E-state index is 0.0849. The normalized spacial score (nSPS) is 11.0. The Morgan fingerprint density at radius 2 is 2.00 bits per heavy atom. The second kappa shape index (κ2) is 5.24. The molecular formula is C16H16N2O. The standard InChI is InChI=1S/C16H16N2O/c19-12-13-4-3-6-16-15(13)8-11-18(16)10-7-14-5-1-2-9-17-14/h1-6,8-9,11,19H,7,10,12H2. The SMILES string of the molecule is OCc1cccc2c1ccn2CCc1ccccn1. The topological polar surface area (TPSA) is 38.0 Å². The van der Waals surface area contributed by atoms with E-state index < -0.39 is 0 Å². The Bertz CT molecular complexity index is 674. The van der Waals surface area contributed by atoms with Crippen molar-refractivity contribution in [3.05, 3.63) is 66.1 Å². The Morgan fingerprint density at radius 3 is 2.79 bits per heavy atom. The van der Waals surface area contributed by atoms with Crippen LogP contribution in [-0.2, 0) is 19.6 Å². The van der Waals surface area contributed by atoms with E-state index in [2.05, 4.69) is 27.9 Å². The summed E-state index contributed by atoms with van der Waals surface area (Å²) in [6, 6.07) is 14.1. The van der Waals surface area contributed by atoms with Crippen LogP contribution in [0, 0.1) is 0 Å². The molecule has 3 heteroatoms. The summed E-state index contributed by atoms with van der Waals surface area (Å²) in [5, 5.41) is 10.5. The zero-order valence-corrected chi connectivity index (χ0v) is 10.7. The average Bonchev–Trinajstić information content (AvgIpc) is 2.89. The number of benzene rings is 1. The molecule has 19 heavy (non-hydrogen) atoms. The van der Waals surface area contributed by atoms with Crippen molar-refractivity contribution < 1.29 is 5.11 Å². The number of aliphatic hydroxyl groups is 1. The number of nitrogens with zero attached hydrogens (tertiary/aromatic N) is 2. The van der Waals surface area contributed by atoms with Crippen LogP contribution >= 0.6 is 0 Å². The van der Waals surface area contributed by atoms with E-state index in [4.69, 9.17) is 0 Å². The summed E-state index contributed by atoms with van der Waals surface area (Å²) in [4.78, 5) is 4.34. The van der Waals surface area contributed by atoms with Gasteiger partial charge in [-0.1, -0.05) is 18.2 Å². The summed E-state index contributed by atoms with van der Waals surface area (Å²) in [6.07, 6.45) is 4.81. The molecule has 0 aliphatic rings. The van der Waals surface area contributed by atoms with Gasteiger partial charge >= 0.3 is 0 Å². The first-order valence-corrected chi connectivity index (χ1v) is 6.46. The van der Waals surface area contributed by atoms with Gasteiger partial charge in [0, 0.05) is 42.0 Å². The number of pyridine rings is 1. The second-order valence-electron chi connectivity index (χ2n) is 4.59. The lowest BCUT2D eigenvalue weighted by Gasteiger charge is -2.06. The molecule has 0 aliphatic carbocycles. The average molecular weight is 252 g/mol. The highest BCUT2D eigenvalue weighted by molar-refractivity contribution is 5.83. The van der Waals surface area contributed by atoms with Crippen LogP contribution in [-0.4, -0.2) is 14.7 Å².